The topological polar surface area (TPSA) is 55.1 Å². The van der Waals surface area contributed by atoms with E-state index in [4.69, 9.17) is 5.73 Å². The molecule has 1 aromatic carbocycles. The molecule has 3 heteroatoms. The van der Waals surface area contributed by atoms with Crippen molar-refractivity contribution in [1.29, 1.82) is 0 Å². The summed E-state index contributed by atoms with van der Waals surface area (Å²) in [5.41, 5.74) is 8.15. The van der Waals surface area contributed by atoms with E-state index in [0.717, 1.165) is 11.6 Å². The number of nitrogens with two attached hydrogens (primary N) is 1. The monoisotopic (exact) mass is 260 g/mol. The zero-order valence-electron chi connectivity index (χ0n) is 11.9. The van der Waals surface area contributed by atoms with Crippen LogP contribution in [0.4, 0.5) is 11.4 Å². The normalized spacial score (nSPS) is 23.1. The maximum Gasteiger partial charge on any atom is 0.161 e. The van der Waals surface area contributed by atoms with Crippen LogP contribution in [0.15, 0.2) is 18.2 Å². The molecule has 3 N–H and O–H groups in total. The lowest BCUT2D eigenvalue weighted by molar-refractivity contribution is 0.101. The predicted molar refractivity (Wildman–Crippen MR) is 80.5 cm³/mol. The minimum absolute atomic E-state index is 0.0214. The molecule has 1 aromatic rings. The number of anilines is 2. The smallest absolute Gasteiger partial charge is 0.161 e. The number of nitrogen functional groups attached to an aromatic ring is 1. The van der Waals surface area contributed by atoms with Gasteiger partial charge in [0, 0.05) is 23.0 Å². The first-order chi connectivity index (χ1) is 9.11. The van der Waals surface area contributed by atoms with Gasteiger partial charge in [-0.3, -0.25) is 4.79 Å². The molecule has 2 unspecified atom stereocenters. The van der Waals surface area contributed by atoms with E-state index in [1.54, 1.807) is 6.92 Å². The van der Waals surface area contributed by atoms with Gasteiger partial charge < -0.3 is 11.1 Å². The number of carbonyl (C=O) groups excluding carboxylic acids is 1. The van der Waals surface area contributed by atoms with Crippen LogP contribution in [0.5, 0.6) is 0 Å². The van der Waals surface area contributed by atoms with Gasteiger partial charge in [0.05, 0.1) is 0 Å². The van der Waals surface area contributed by atoms with E-state index < -0.39 is 0 Å². The number of Topliss-reactive ketones (excluding diaryl/α,β-unsaturated/α-hetero) is 1. The van der Waals surface area contributed by atoms with Gasteiger partial charge in [0.15, 0.2) is 5.78 Å². The third-order valence-corrected chi connectivity index (χ3v) is 4.22. The Labute approximate surface area is 115 Å². The highest BCUT2D eigenvalue weighted by molar-refractivity contribution is 5.99. The molecule has 0 aromatic heterocycles. The SMILES string of the molecule is CCC1CCCCC1Nc1ccc(C(C)=O)c(N)c1. The highest BCUT2D eigenvalue weighted by atomic mass is 16.1. The fourth-order valence-corrected chi connectivity index (χ4v) is 3.07. The molecule has 1 fully saturated rings. The van der Waals surface area contributed by atoms with E-state index in [0.29, 0.717) is 17.3 Å². The zero-order valence-corrected chi connectivity index (χ0v) is 11.9. The second-order valence-corrected chi connectivity index (χ2v) is 5.56. The lowest BCUT2D eigenvalue weighted by Crippen LogP contribution is -2.31. The van der Waals surface area contributed by atoms with Crippen molar-refractivity contribution in [2.24, 2.45) is 5.92 Å². The Morgan fingerprint density at radius 1 is 1.37 bits per heavy atom. The number of nitrogens with one attached hydrogen (secondary N) is 1. The van der Waals surface area contributed by atoms with Crippen LogP contribution in [0, 0.1) is 5.92 Å². The summed E-state index contributed by atoms with van der Waals surface area (Å²) in [7, 11) is 0. The standard InChI is InChI=1S/C16H24N2O/c1-3-12-6-4-5-7-16(12)18-13-8-9-14(11(2)19)15(17)10-13/h8-10,12,16,18H,3-7,17H2,1-2H3. The second kappa shape index (κ2) is 6.09. The van der Waals surface area contributed by atoms with E-state index in [2.05, 4.69) is 12.2 Å². The Morgan fingerprint density at radius 3 is 2.74 bits per heavy atom. The van der Waals surface area contributed by atoms with Crippen molar-refractivity contribution >= 4 is 17.2 Å². The van der Waals surface area contributed by atoms with Crippen LogP contribution >= 0.6 is 0 Å². The maximum absolute atomic E-state index is 11.4. The lowest BCUT2D eigenvalue weighted by Gasteiger charge is -2.32. The van der Waals surface area contributed by atoms with Crippen LogP contribution in [0.25, 0.3) is 0 Å². The first-order valence-electron chi connectivity index (χ1n) is 7.28. The summed E-state index contributed by atoms with van der Waals surface area (Å²) in [6.45, 7) is 3.81. The molecular formula is C16H24N2O. The lowest BCUT2D eigenvalue weighted by atomic mass is 9.83. The van der Waals surface area contributed by atoms with Crippen molar-refractivity contribution in [2.75, 3.05) is 11.1 Å². The van der Waals surface area contributed by atoms with E-state index in [-0.39, 0.29) is 5.78 Å². The van der Waals surface area contributed by atoms with Gasteiger partial charge in [-0.1, -0.05) is 26.2 Å². The number of ketones is 1. The van der Waals surface area contributed by atoms with Crippen LogP contribution in [0.1, 0.15) is 56.3 Å². The van der Waals surface area contributed by atoms with Crippen LogP contribution < -0.4 is 11.1 Å². The molecule has 0 heterocycles. The molecule has 1 aliphatic rings. The summed E-state index contributed by atoms with van der Waals surface area (Å²) < 4.78 is 0. The quantitative estimate of drug-likeness (QED) is 0.638. The third-order valence-electron chi connectivity index (χ3n) is 4.22. The molecule has 104 valence electrons. The Bertz CT molecular complexity index is 456. The van der Waals surface area contributed by atoms with Gasteiger partial charge in [0.25, 0.3) is 0 Å². The minimum atomic E-state index is 0.0214. The van der Waals surface area contributed by atoms with Crippen molar-refractivity contribution < 1.29 is 4.79 Å². The van der Waals surface area contributed by atoms with Gasteiger partial charge in [-0.2, -0.15) is 0 Å². The minimum Gasteiger partial charge on any atom is -0.398 e. The summed E-state index contributed by atoms with van der Waals surface area (Å²) in [6.07, 6.45) is 6.41. The summed E-state index contributed by atoms with van der Waals surface area (Å²) in [5.74, 6) is 0.774. The average molecular weight is 260 g/mol. The molecule has 1 aliphatic carbocycles. The van der Waals surface area contributed by atoms with E-state index >= 15 is 0 Å². The van der Waals surface area contributed by atoms with Gasteiger partial charge in [-0.05, 0) is 43.9 Å². The second-order valence-electron chi connectivity index (χ2n) is 5.56. The molecule has 2 atom stereocenters. The number of hydrogen-bond donors (Lipinski definition) is 2. The molecule has 0 spiro atoms. The van der Waals surface area contributed by atoms with Crippen LogP contribution in [0.3, 0.4) is 0 Å². The summed E-state index contributed by atoms with van der Waals surface area (Å²) in [6, 6.07) is 6.22. The number of benzene rings is 1. The largest absolute Gasteiger partial charge is 0.398 e. The predicted octanol–water partition coefficient (Wildman–Crippen LogP) is 3.85. The van der Waals surface area contributed by atoms with Gasteiger partial charge in [0.2, 0.25) is 0 Å². The number of rotatable bonds is 4. The molecule has 0 amide bonds. The van der Waals surface area contributed by atoms with Crippen molar-refractivity contribution in [3.8, 4) is 0 Å². The zero-order chi connectivity index (χ0) is 13.8. The van der Waals surface area contributed by atoms with Gasteiger partial charge in [-0.15, -0.1) is 0 Å². The van der Waals surface area contributed by atoms with Gasteiger partial charge in [-0.25, -0.2) is 0 Å². The van der Waals surface area contributed by atoms with E-state index in [1.807, 2.05) is 18.2 Å². The molecular weight excluding hydrogens is 236 g/mol. The van der Waals surface area contributed by atoms with Gasteiger partial charge >= 0.3 is 0 Å². The molecule has 0 aliphatic heterocycles. The summed E-state index contributed by atoms with van der Waals surface area (Å²) in [4.78, 5) is 11.4. The van der Waals surface area contributed by atoms with E-state index in [1.165, 1.54) is 32.1 Å². The summed E-state index contributed by atoms with van der Waals surface area (Å²) in [5, 5.41) is 3.60. The van der Waals surface area contributed by atoms with Crippen molar-refractivity contribution in [2.45, 2.75) is 52.0 Å². The van der Waals surface area contributed by atoms with Crippen LogP contribution in [-0.2, 0) is 0 Å². The van der Waals surface area contributed by atoms with Crippen molar-refractivity contribution in [3.63, 3.8) is 0 Å². The first kappa shape index (κ1) is 13.9. The third kappa shape index (κ3) is 3.28. The van der Waals surface area contributed by atoms with Crippen LogP contribution in [-0.4, -0.2) is 11.8 Å². The molecule has 0 saturated heterocycles. The maximum atomic E-state index is 11.4. The Kier molecular flexibility index (Phi) is 4.46. The Balaban J connectivity index is 2.10. The highest BCUT2D eigenvalue weighted by Crippen LogP contribution is 2.30. The highest BCUT2D eigenvalue weighted by Gasteiger charge is 2.23. The molecule has 0 bridgehead atoms. The molecule has 3 nitrogen and oxygen atoms in total. The average Bonchev–Trinajstić information content (AvgIpc) is 2.39. The van der Waals surface area contributed by atoms with E-state index in [9.17, 15) is 4.79 Å². The molecule has 1 saturated carbocycles. The number of hydrogen-bond acceptors (Lipinski definition) is 3. The van der Waals surface area contributed by atoms with Crippen molar-refractivity contribution in [3.05, 3.63) is 23.8 Å². The molecule has 0 radical (unpaired) electrons. The Hall–Kier alpha value is -1.51. The fraction of sp³-hybridized carbons (Fsp3) is 0.562. The molecule has 2 rings (SSSR count). The van der Waals surface area contributed by atoms with Crippen LogP contribution in [0.2, 0.25) is 0 Å². The number of carbonyl (C=O) groups is 1. The van der Waals surface area contributed by atoms with Crippen molar-refractivity contribution in [1.82, 2.24) is 0 Å². The van der Waals surface area contributed by atoms with Gasteiger partial charge in [0.1, 0.15) is 0 Å². The summed E-state index contributed by atoms with van der Waals surface area (Å²) >= 11 is 0. The first-order valence-corrected chi connectivity index (χ1v) is 7.28. The fourth-order valence-electron chi connectivity index (χ4n) is 3.07. The molecule has 19 heavy (non-hydrogen) atoms. The Morgan fingerprint density at radius 2 is 2.11 bits per heavy atom.